The summed E-state index contributed by atoms with van der Waals surface area (Å²) in [6.45, 7) is 8.99. The SMILES string of the molecule is C=C(C)C(=O)NCCCC(=O)/C=C/C(=O)OC(C)C. The van der Waals surface area contributed by atoms with Crippen molar-refractivity contribution in [2.45, 2.75) is 39.7 Å². The number of esters is 1. The molecule has 0 aromatic carbocycles. The number of rotatable bonds is 8. The predicted molar refractivity (Wildman–Crippen MR) is 72.4 cm³/mol. The van der Waals surface area contributed by atoms with Gasteiger partial charge in [-0.1, -0.05) is 6.58 Å². The van der Waals surface area contributed by atoms with E-state index >= 15 is 0 Å². The van der Waals surface area contributed by atoms with E-state index in [1.165, 1.54) is 6.08 Å². The zero-order chi connectivity index (χ0) is 14.8. The van der Waals surface area contributed by atoms with Gasteiger partial charge in [-0.2, -0.15) is 0 Å². The largest absolute Gasteiger partial charge is 0.460 e. The highest BCUT2D eigenvalue weighted by atomic mass is 16.5. The van der Waals surface area contributed by atoms with E-state index in [4.69, 9.17) is 4.74 Å². The molecule has 0 radical (unpaired) electrons. The number of ketones is 1. The molecule has 0 saturated carbocycles. The zero-order valence-electron chi connectivity index (χ0n) is 11.7. The topological polar surface area (TPSA) is 72.5 Å². The maximum absolute atomic E-state index is 11.4. The van der Waals surface area contributed by atoms with Crippen molar-refractivity contribution < 1.29 is 19.1 Å². The van der Waals surface area contributed by atoms with Crippen molar-refractivity contribution in [2.24, 2.45) is 0 Å². The summed E-state index contributed by atoms with van der Waals surface area (Å²) in [5, 5.41) is 2.62. The molecular weight excluding hydrogens is 246 g/mol. The summed E-state index contributed by atoms with van der Waals surface area (Å²) in [5.41, 5.74) is 0.433. The van der Waals surface area contributed by atoms with Gasteiger partial charge in [-0.05, 0) is 33.3 Å². The van der Waals surface area contributed by atoms with Crippen LogP contribution in [-0.4, -0.2) is 30.3 Å². The van der Waals surface area contributed by atoms with Gasteiger partial charge in [0.1, 0.15) is 0 Å². The van der Waals surface area contributed by atoms with Gasteiger partial charge in [0.05, 0.1) is 6.10 Å². The standard InChI is InChI=1S/C14H21NO4/c1-10(2)14(18)15-9-5-6-12(16)7-8-13(17)19-11(3)4/h7-8,11H,1,5-6,9H2,2-4H3,(H,15,18)/b8-7+. The van der Waals surface area contributed by atoms with E-state index in [9.17, 15) is 14.4 Å². The minimum Gasteiger partial charge on any atom is -0.460 e. The fourth-order valence-electron chi connectivity index (χ4n) is 1.13. The van der Waals surface area contributed by atoms with Gasteiger partial charge in [-0.15, -0.1) is 0 Å². The number of amides is 1. The predicted octanol–water partition coefficient (Wildman–Crippen LogP) is 1.54. The monoisotopic (exact) mass is 267 g/mol. The Kier molecular flexibility index (Phi) is 8.17. The number of carbonyl (C=O) groups is 3. The molecule has 19 heavy (non-hydrogen) atoms. The van der Waals surface area contributed by atoms with Crippen LogP contribution in [0.2, 0.25) is 0 Å². The summed E-state index contributed by atoms with van der Waals surface area (Å²) in [5.74, 6) is -0.923. The van der Waals surface area contributed by atoms with Crippen molar-refractivity contribution in [1.29, 1.82) is 0 Å². The summed E-state index contributed by atoms with van der Waals surface area (Å²) in [7, 11) is 0. The van der Waals surface area contributed by atoms with Gasteiger partial charge in [-0.3, -0.25) is 9.59 Å². The molecule has 0 saturated heterocycles. The molecule has 0 spiro atoms. The molecule has 0 aromatic heterocycles. The van der Waals surface area contributed by atoms with Crippen LogP contribution in [0.25, 0.3) is 0 Å². The van der Waals surface area contributed by atoms with Crippen LogP contribution in [0, 0.1) is 0 Å². The molecular formula is C14H21NO4. The highest BCUT2D eigenvalue weighted by Crippen LogP contribution is 1.95. The maximum atomic E-state index is 11.4. The molecule has 106 valence electrons. The molecule has 0 heterocycles. The Bertz CT molecular complexity index is 383. The van der Waals surface area contributed by atoms with Crippen LogP contribution in [0.3, 0.4) is 0 Å². The molecule has 0 unspecified atom stereocenters. The Morgan fingerprint density at radius 3 is 2.42 bits per heavy atom. The highest BCUT2D eigenvalue weighted by molar-refractivity contribution is 5.96. The lowest BCUT2D eigenvalue weighted by Crippen LogP contribution is -2.25. The first-order valence-corrected chi connectivity index (χ1v) is 6.18. The van der Waals surface area contributed by atoms with Crippen molar-refractivity contribution in [3.8, 4) is 0 Å². The zero-order valence-corrected chi connectivity index (χ0v) is 11.7. The normalized spacial score (nSPS) is 10.5. The lowest BCUT2D eigenvalue weighted by Gasteiger charge is -2.04. The van der Waals surface area contributed by atoms with E-state index in [0.29, 0.717) is 18.5 Å². The Morgan fingerprint density at radius 1 is 1.26 bits per heavy atom. The lowest BCUT2D eigenvalue weighted by atomic mass is 10.2. The van der Waals surface area contributed by atoms with Crippen LogP contribution in [0.5, 0.6) is 0 Å². The van der Waals surface area contributed by atoms with Crippen LogP contribution in [0.15, 0.2) is 24.3 Å². The van der Waals surface area contributed by atoms with E-state index in [1.54, 1.807) is 20.8 Å². The van der Waals surface area contributed by atoms with Gasteiger partial charge in [0.25, 0.3) is 0 Å². The van der Waals surface area contributed by atoms with Gasteiger partial charge >= 0.3 is 5.97 Å². The Morgan fingerprint density at radius 2 is 1.89 bits per heavy atom. The first-order valence-electron chi connectivity index (χ1n) is 6.18. The fourth-order valence-corrected chi connectivity index (χ4v) is 1.13. The minimum atomic E-state index is -0.529. The molecule has 0 aliphatic rings. The van der Waals surface area contributed by atoms with Crippen molar-refractivity contribution >= 4 is 17.7 Å². The van der Waals surface area contributed by atoms with E-state index in [-0.39, 0.29) is 24.2 Å². The van der Waals surface area contributed by atoms with Gasteiger partial charge < -0.3 is 10.1 Å². The van der Waals surface area contributed by atoms with Crippen LogP contribution < -0.4 is 5.32 Å². The van der Waals surface area contributed by atoms with E-state index in [2.05, 4.69) is 11.9 Å². The third-order valence-electron chi connectivity index (χ3n) is 2.03. The van der Waals surface area contributed by atoms with Gasteiger partial charge in [0.15, 0.2) is 5.78 Å². The Hall–Kier alpha value is -1.91. The minimum absolute atomic E-state index is 0.176. The van der Waals surface area contributed by atoms with Crippen LogP contribution in [0.1, 0.15) is 33.6 Å². The number of hydrogen-bond donors (Lipinski definition) is 1. The van der Waals surface area contributed by atoms with E-state index < -0.39 is 5.97 Å². The Labute approximate surface area is 113 Å². The van der Waals surface area contributed by atoms with Crippen LogP contribution in [-0.2, 0) is 19.1 Å². The molecule has 1 amide bonds. The molecule has 5 nitrogen and oxygen atoms in total. The summed E-state index contributed by atoms with van der Waals surface area (Å²) in [4.78, 5) is 33.6. The highest BCUT2D eigenvalue weighted by Gasteiger charge is 2.03. The number of ether oxygens (including phenoxy) is 1. The molecule has 0 fully saturated rings. The second-order valence-electron chi connectivity index (χ2n) is 4.43. The number of nitrogens with one attached hydrogen (secondary N) is 1. The number of carbonyl (C=O) groups excluding carboxylic acids is 3. The smallest absolute Gasteiger partial charge is 0.331 e. The summed E-state index contributed by atoms with van der Waals surface area (Å²) >= 11 is 0. The average molecular weight is 267 g/mol. The second kappa shape index (κ2) is 9.08. The molecule has 0 aliphatic carbocycles. The summed E-state index contributed by atoms with van der Waals surface area (Å²) in [6.07, 6.45) is 2.90. The second-order valence-corrected chi connectivity index (χ2v) is 4.43. The first kappa shape index (κ1) is 17.1. The summed E-state index contributed by atoms with van der Waals surface area (Å²) in [6, 6.07) is 0. The van der Waals surface area contributed by atoms with E-state index in [1.807, 2.05) is 0 Å². The van der Waals surface area contributed by atoms with Gasteiger partial charge in [-0.25, -0.2) is 4.79 Å². The molecule has 0 aliphatic heterocycles. The first-order chi connectivity index (χ1) is 8.82. The third-order valence-corrected chi connectivity index (χ3v) is 2.03. The van der Waals surface area contributed by atoms with Crippen molar-refractivity contribution in [1.82, 2.24) is 5.32 Å². The van der Waals surface area contributed by atoms with Gasteiger partial charge in [0, 0.05) is 24.6 Å². The molecule has 0 rings (SSSR count). The molecule has 0 atom stereocenters. The van der Waals surface area contributed by atoms with Crippen molar-refractivity contribution in [2.75, 3.05) is 6.54 Å². The van der Waals surface area contributed by atoms with E-state index in [0.717, 1.165) is 6.08 Å². The maximum Gasteiger partial charge on any atom is 0.331 e. The third kappa shape index (κ3) is 9.76. The Balaban J connectivity index is 3.82. The molecule has 0 bridgehead atoms. The van der Waals surface area contributed by atoms with Crippen molar-refractivity contribution in [3.05, 3.63) is 24.3 Å². The quantitative estimate of drug-likeness (QED) is 0.411. The average Bonchev–Trinajstić information content (AvgIpc) is 2.30. The van der Waals surface area contributed by atoms with Gasteiger partial charge in [0.2, 0.25) is 5.91 Å². The summed E-state index contributed by atoms with van der Waals surface area (Å²) < 4.78 is 4.84. The molecule has 1 N–H and O–H groups in total. The number of allylic oxidation sites excluding steroid dienone is 1. The van der Waals surface area contributed by atoms with Crippen LogP contribution in [0.4, 0.5) is 0 Å². The molecule has 0 aromatic rings. The lowest BCUT2D eigenvalue weighted by molar-refractivity contribution is -0.141. The van der Waals surface area contributed by atoms with Crippen molar-refractivity contribution in [3.63, 3.8) is 0 Å². The van der Waals surface area contributed by atoms with Crippen LogP contribution >= 0.6 is 0 Å². The molecule has 5 heteroatoms. The fraction of sp³-hybridized carbons (Fsp3) is 0.500. The number of hydrogen-bond acceptors (Lipinski definition) is 4.